The lowest BCUT2D eigenvalue weighted by atomic mass is 9.96. The largest absolute Gasteiger partial charge is 0.416 e. The number of carbonyl (C=O) groups is 1. The Bertz CT molecular complexity index is 863. The molecule has 0 saturated heterocycles. The molecule has 156 valence electrons. The van der Waals surface area contributed by atoms with Crippen LogP contribution in [0.25, 0.3) is 0 Å². The fourth-order valence-corrected chi connectivity index (χ4v) is 3.71. The first-order valence-corrected chi connectivity index (χ1v) is 9.62. The van der Waals surface area contributed by atoms with Crippen LogP contribution in [-0.2, 0) is 12.6 Å². The van der Waals surface area contributed by atoms with E-state index in [2.05, 4.69) is 35.5 Å². The molecule has 3 rings (SSSR count). The maximum atomic E-state index is 12.7. The molecule has 4 nitrogen and oxygen atoms in total. The molecule has 29 heavy (non-hydrogen) atoms. The van der Waals surface area contributed by atoms with Crippen molar-refractivity contribution in [2.45, 2.75) is 25.1 Å². The summed E-state index contributed by atoms with van der Waals surface area (Å²) in [7, 11) is 5.98. The first-order valence-electron chi connectivity index (χ1n) is 9.62. The summed E-state index contributed by atoms with van der Waals surface area (Å²) >= 11 is 0. The van der Waals surface area contributed by atoms with Gasteiger partial charge in [0.25, 0.3) is 5.91 Å². The van der Waals surface area contributed by atoms with E-state index in [-0.39, 0.29) is 17.5 Å². The second-order valence-electron chi connectivity index (χ2n) is 7.68. The average Bonchev–Trinajstić information content (AvgIpc) is 2.67. The van der Waals surface area contributed by atoms with Gasteiger partial charge < -0.3 is 15.1 Å². The molecule has 1 atom stereocenters. The zero-order valence-corrected chi connectivity index (χ0v) is 16.9. The molecule has 7 heteroatoms. The highest BCUT2D eigenvalue weighted by atomic mass is 19.4. The Kier molecular flexibility index (Phi) is 6.17. The van der Waals surface area contributed by atoms with Crippen molar-refractivity contribution >= 4 is 11.6 Å². The Morgan fingerprint density at radius 3 is 2.48 bits per heavy atom. The SMILES string of the molecule is CN1CCCc2cc([C@@H](CNC(=O)c3ccc(C(F)(F)F)cc3)N(C)C)ccc21. The van der Waals surface area contributed by atoms with Crippen LogP contribution in [0.1, 0.15) is 39.5 Å². The molecule has 0 bridgehead atoms. The second kappa shape index (κ2) is 8.45. The molecule has 0 aromatic heterocycles. The number of fused-ring (bicyclic) bond motifs is 1. The first kappa shape index (κ1) is 21.2. The van der Waals surface area contributed by atoms with Gasteiger partial charge in [0.15, 0.2) is 0 Å². The van der Waals surface area contributed by atoms with E-state index in [0.717, 1.165) is 37.1 Å². The standard InChI is InChI=1S/C22H26F3N3O/c1-27(2)20(17-8-11-19-16(13-17)5-4-12-28(19)3)14-26-21(29)15-6-9-18(10-7-15)22(23,24)25/h6-11,13,20H,4-5,12,14H2,1-3H3,(H,26,29)/t20-/m1/s1. The van der Waals surface area contributed by atoms with Gasteiger partial charge in [-0.3, -0.25) is 4.79 Å². The Labute approximate surface area is 169 Å². The normalized spacial score (nSPS) is 15.2. The van der Waals surface area contributed by atoms with E-state index in [1.54, 1.807) is 0 Å². The lowest BCUT2D eigenvalue weighted by molar-refractivity contribution is -0.137. The third-order valence-corrected chi connectivity index (χ3v) is 5.39. The van der Waals surface area contributed by atoms with Gasteiger partial charge in [0, 0.05) is 31.4 Å². The molecule has 2 aromatic rings. The Balaban J connectivity index is 1.71. The number of rotatable bonds is 5. The zero-order valence-electron chi connectivity index (χ0n) is 16.9. The number of nitrogens with one attached hydrogen (secondary N) is 1. The van der Waals surface area contributed by atoms with E-state index >= 15 is 0 Å². The lowest BCUT2D eigenvalue weighted by Gasteiger charge is -2.30. The monoisotopic (exact) mass is 405 g/mol. The molecule has 0 spiro atoms. The third kappa shape index (κ3) is 4.90. The van der Waals surface area contributed by atoms with Crippen LogP contribution in [0.5, 0.6) is 0 Å². The number of likely N-dealkylation sites (N-methyl/N-ethyl adjacent to an activating group) is 1. The number of aryl methyl sites for hydroxylation is 1. The van der Waals surface area contributed by atoms with E-state index < -0.39 is 11.7 Å². The van der Waals surface area contributed by atoms with Crippen molar-refractivity contribution in [1.29, 1.82) is 0 Å². The fraction of sp³-hybridized carbons (Fsp3) is 0.409. The Morgan fingerprint density at radius 1 is 1.17 bits per heavy atom. The van der Waals surface area contributed by atoms with Gasteiger partial charge in [-0.1, -0.05) is 12.1 Å². The van der Waals surface area contributed by atoms with Crippen LogP contribution in [0.2, 0.25) is 0 Å². The minimum Gasteiger partial charge on any atom is -0.374 e. The molecular weight excluding hydrogens is 379 g/mol. The predicted octanol–water partition coefficient (Wildman–Crippen LogP) is 4.12. The quantitative estimate of drug-likeness (QED) is 0.813. The minimum absolute atomic E-state index is 0.0362. The second-order valence-corrected chi connectivity index (χ2v) is 7.68. The predicted molar refractivity (Wildman–Crippen MR) is 108 cm³/mol. The van der Waals surface area contributed by atoms with Gasteiger partial charge in [0.2, 0.25) is 0 Å². The number of nitrogens with zero attached hydrogens (tertiary/aromatic N) is 2. The highest BCUT2D eigenvalue weighted by molar-refractivity contribution is 5.94. The van der Waals surface area contributed by atoms with Gasteiger partial charge in [0.1, 0.15) is 0 Å². The van der Waals surface area contributed by atoms with E-state index in [4.69, 9.17) is 0 Å². The van der Waals surface area contributed by atoms with Crippen LogP contribution in [0, 0.1) is 0 Å². The molecule has 0 aliphatic carbocycles. The molecule has 1 N–H and O–H groups in total. The summed E-state index contributed by atoms with van der Waals surface area (Å²) < 4.78 is 38.1. The highest BCUT2D eigenvalue weighted by Crippen LogP contribution is 2.30. The van der Waals surface area contributed by atoms with Crippen LogP contribution >= 0.6 is 0 Å². The number of carbonyl (C=O) groups excluding carboxylic acids is 1. The van der Waals surface area contributed by atoms with Crippen molar-refractivity contribution in [1.82, 2.24) is 10.2 Å². The fourth-order valence-electron chi connectivity index (χ4n) is 3.71. The molecular formula is C22H26F3N3O. The van der Waals surface area contributed by atoms with Gasteiger partial charge in [-0.2, -0.15) is 13.2 Å². The first-order chi connectivity index (χ1) is 13.7. The number of anilines is 1. The topological polar surface area (TPSA) is 35.6 Å². The highest BCUT2D eigenvalue weighted by Gasteiger charge is 2.30. The molecule has 1 heterocycles. The van der Waals surface area contributed by atoms with Gasteiger partial charge >= 0.3 is 6.18 Å². The number of hydrogen-bond acceptors (Lipinski definition) is 3. The summed E-state index contributed by atoms with van der Waals surface area (Å²) in [5, 5.41) is 2.85. The summed E-state index contributed by atoms with van der Waals surface area (Å²) in [6.45, 7) is 1.41. The van der Waals surface area contributed by atoms with E-state index in [1.807, 2.05) is 19.0 Å². The molecule has 0 radical (unpaired) electrons. The summed E-state index contributed by atoms with van der Waals surface area (Å²) in [6.07, 6.45) is -2.26. The number of amides is 1. The van der Waals surface area contributed by atoms with Crippen molar-refractivity contribution in [3.8, 4) is 0 Å². The van der Waals surface area contributed by atoms with Crippen LogP contribution in [0.15, 0.2) is 42.5 Å². The lowest BCUT2D eigenvalue weighted by Crippen LogP contribution is -2.35. The smallest absolute Gasteiger partial charge is 0.374 e. The van der Waals surface area contributed by atoms with Gasteiger partial charge in [-0.05, 0) is 68.4 Å². The van der Waals surface area contributed by atoms with Crippen molar-refractivity contribution in [3.05, 3.63) is 64.7 Å². The molecule has 0 saturated carbocycles. The van der Waals surface area contributed by atoms with E-state index in [0.29, 0.717) is 6.54 Å². The van der Waals surface area contributed by atoms with Gasteiger partial charge in [0.05, 0.1) is 11.6 Å². The summed E-state index contributed by atoms with van der Waals surface area (Å²) in [5.41, 5.74) is 3.10. The Hall–Kier alpha value is -2.54. The number of hydrogen-bond donors (Lipinski definition) is 1. The molecule has 0 fully saturated rings. The summed E-state index contributed by atoms with van der Waals surface area (Å²) in [4.78, 5) is 16.7. The minimum atomic E-state index is -4.41. The molecule has 2 aromatic carbocycles. The Morgan fingerprint density at radius 2 is 1.86 bits per heavy atom. The van der Waals surface area contributed by atoms with Gasteiger partial charge in [-0.15, -0.1) is 0 Å². The summed E-state index contributed by atoms with van der Waals surface area (Å²) in [6, 6.07) is 10.6. The van der Waals surface area contributed by atoms with Crippen LogP contribution in [-0.4, -0.2) is 45.0 Å². The molecule has 1 aliphatic rings. The van der Waals surface area contributed by atoms with Crippen LogP contribution in [0.3, 0.4) is 0 Å². The molecule has 1 aliphatic heterocycles. The molecule has 1 amide bonds. The third-order valence-electron chi connectivity index (χ3n) is 5.39. The zero-order chi connectivity index (χ0) is 21.2. The number of halogens is 3. The van der Waals surface area contributed by atoms with Crippen molar-refractivity contribution in [3.63, 3.8) is 0 Å². The van der Waals surface area contributed by atoms with Crippen molar-refractivity contribution in [2.24, 2.45) is 0 Å². The van der Waals surface area contributed by atoms with Crippen molar-refractivity contribution in [2.75, 3.05) is 39.1 Å². The van der Waals surface area contributed by atoms with E-state index in [9.17, 15) is 18.0 Å². The average molecular weight is 405 g/mol. The van der Waals surface area contributed by atoms with Crippen molar-refractivity contribution < 1.29 is 18.0 Å². The van der Waals surface area contributed by atoms with E-state index in [1.165, 1.54) is 23.4 Å². The number of benzene rings is 2. The van der Waals surface area contributed by atoms with Crippen LogP contribution < -0.4 is 10.2 Å². The number of alkyl halides is 3. The maximum absolute atomic E-state index is 12.7. The van der Waals surface area contributed by atoms with Gasteiger partial charge in [-0.25, -0.2) is 0 Å². The maximum Gasteiger partial charge on any atom is 0.416 e. The van der Waals surface area contributed by atoms with Crippen LogP contribution in [0.4, 0.5) is 18.9 Å². The molecule has 0 unspecified atom stereocenters. The summed E-state index contributed by atoms with van der Waals surface area (Å²) in [5.74, 6) is -0.386.